The van der Waals surface area contributed by atoms with Crippen molar-refractivity contribution in [2.45, 2.75) is 30.1 Å². The Morgan fingerprint density at radius 2 is 2.06 bits per heavy atom. The average Bonchev–Trinajstić information content (AvgIpc) is 3.07. The third kappa shape index (κ3) is 2.14. The maximum atomic E-state index is 11.5. The molecule has 1 aromatic heterocycles. The van der Waals surface area contributed by atoms with Gasteiger partial charge in [0.1, 0.15) is 6.10 Å². The van der Waals surface area contributed by atoms with E-state index in [0.717, 1.165) is 12.8 Å². The summed E-state index contributed by atoms with van der Waals surface area (Å²) in [5.74, 6) is 0.487. The normalized spacial score (nSPS) is 25.3. The average molecular weight is 274 g/mol. The van der Waals surface area contributed by atoms with Gasteiger partial charge in [-0.3, -0.25) is 4.57 Å². The minimum atomic E-state index is -3.86. The van der Waals surface area contributed by atoms with E-state index in [-0.39, 0.29) is 17.3 Å². The largest absolute Gasteiger partial charge is 0.376 e. The molecule has 100 valence electrons. The topological polar surface area (TPSA) is 109 Å². The van der Waals surface area contributed by atoms with Gasteiger partial charge in [-0.2, -0.15) is 0 Å². The lowest BCUT2D eigenvalue weighted by Gasteiger charge is -2.22. The van der Waals surface area contributed by atoms with E-state index in [0.29, 0.717) is 25.6 Å². The second kappa shape index (κ2) is 4.26. The molecule has 2 aliphatic rings. The van der Waals surface area contributed by atoms with Crippen LogP contribution in [0.1, 0.15) is 30.8 Å². The molecule has 1 saturated heterocycles. The van der Waals surface area contributed by atoms with Crippen LogP contribution in [0.2, 0.25) is 0 Å². The number of nitrogens with two attached hydrogens (primary N) is 1. The van der Waals surface area contributed by atoms with E-state index in [1.165, 1.54) is 0 Å². The van der Waals surface area contributed by atoms with Crippen molar-refractivity contribution in [3.63, 3.8) is 0 Å². The highest BCUT2D eigenvalue weighted by atomic mass is 32.2. The van der Waals surface area contributed by atoms with Crippen LogP contribution in [0.4, 0.5) is 0 Å². The summed E-state index contributed by atoms with van der Waals surface area (Å²) in [6.45, 7) is 1.36. The van der Waals surface area contributed by atoms with E-state index in [9.17, 15) is 8.42 Å². The van der Waals surface area contributed by atoms with Crippen molar-refractivity contribution < 1.29 is 17.9 Å². The highest BCUT2D eigenvalue weighted by molar-refractivity contribution is 7.89. The van der Waals surface area contributed by atoms with Gasteiger partial charge in [0, 0.05) is 6.04 Å². The molecule has 0 radical (unpaired) electrons. The first-order valence-corrected chi connectivity index (χ1v) is 7.29. The van der Waals surface area contributed by atoms with E-state index < -0.39 is 10.0 Å². The van der Waals surface area contributed by atoms with Gasteiger partial charge in [0.2, 0.25) is 0 Å². The number of hydrogen-bond donors (Lipinski definition) is 1. The van der Waals surface area contributed by atoms with Gasteiger partial charge in [-0.1, -0.05) is 0 Å². The summed E-state index contributed by atoms with van der Waals surface area (Å²) in [5, 5.41) is 12.6. The molecule has 1 unspecified atom stereocenters. The number of nitrogens with zero attached hydrogens (tertiary/aromatic N) is 3. The van der Waals surface area contributed by atoms with Crippen molar-refractivity contribution >= 4 is 10.0 Å². The standard InChI is InChI=1S/C9H14N4O4S/c10-18(14,15)9-12-11-8(13(9)6-1-2-6)7-5-16-3-4-17-7/h6-7H,1-5H2,(H2,10,14,15). The molecule has 0 bridgehead atoms. The lowest BCUT2D eigenvalue weighted by Crippen LogP contribution is -2.26. The van der Waals surface area contributed by atoms with E-state index in [4.69, 9.17) is 14.6 Å². The van der Waals surface area contributed by atoms with Crippen molar-refractivity contribution in [1.29, 1.82) is 0 Å². The molecule has 2 heterocycles. The van der Waals surface area contributed by atoms with E-state index in [1.54, 1.807) is 4.57 Å². The highest BCUT2D eigenvalue weighted by Gasteiger charge is 2.36. The van der Waals surface area contributed by atoms with Crippen LogP contribution in [0.25, 0.3) is 0 Å². The molecule has 2 fully saturated rings. The van der Waals surface area contributed by atoms with Crippen molar-refractivity contribution in [3.8, 4) is 0 Å². The SMILES string of the molecule is NS(=O)(=O)c1nnc(C2COCCO2)n1C1CC1. The van der Waals surface area contributed by atoms with E-state index >= 15 is 0 Å². The Labute approximate surface area is 104 Å². The molecule has 9 heteroatoms. The molecule has 0 aromatic carbocycles. The van der Waals surface area contributed by atoms with Gasteiger partial charge in [-0.05, 0) is 12.8 Å². The summed E-state index contributed by atoms with van der Waals surface area (Å²) in [6, 6.07) is 0.105. The summed E-state index contributed by atoms with van der Waals surface area (Å²) in [6.07, 6.45) is 1.43. The first kappa shape index (κ1) is 12.0. The van der Waals surface area contributed by atoms with Crippen LogP contribution in [-0.2, 0) is 19.5 Å². The molecule has 2 N–H and O–H groups in total. The van der Waals surface area contributed by atoms with Gasteiger partial charge in [-0.25, -0.2) is 13.6 Å². The Morgan fingerprint density at radius 3 is 2.61 bits per heavy atom. The number of rotatable bonds is 3. The first-order chi connectivity index (χ1) is 8.57. The molecular formula is C9H14N4O4S. The summed E-state index contributed by atoms with van der Waals surface area (Å²) < 4.78 is 35.3. The van der Waals surface area contributed by atoms with Crippen LogP contribution in [-0.4, -0.2) is 43.0 Å². The van der Waals surface area contributed by atoms with Gasteiger partial charge >= 0.3 is 0 Å². The van der Waals surface area contributed by atoms with Crippen LogP contribution < -0.4 is 5.14 Å². The smallest absolute Gasteiger partial charge is 0.273 e. The van der Waals surface area contributed by atoms with Crippen LogP contribution in [0.3, 0.4) is 0 Å². The van der Waals surface area contributed by atoms with Crippen LogP contribution >= 0.6 is 0 Å². The first-order valence-electron chi connectivity index (χ1n) is 5.74. The third-order valence-electron chi connectivity index (χ3n) is 2.96. The fourth-order valence-corrected chi connectivity index (χ4v) is 2.69. The lowest BCUT2D eigenvalue weighted by molar-refractivity contribution is -0.0950. The Kier molecular flexibility index (Phi) is 2.85. The van der Waals surface area contributed by atoms with E-state index in [1.807, 2.05) is 0 Å². The monoisotopic (exact) mass is 274 g/mol. The molecule has 1 aromatic rings. The fraction of sp³-hybridized carbons (Fsp3) is 0.778. The predicted molar refractivity (Wildman–Crippen MR) is 59.2 cm³/mol. The van der Waals surface area contributed by atoms with Crippen LogP contribution in [0.5, 0.6) is 0 Å². The molecule has 1 atom stereocenters. The molecule has 8 nitrogen and oxygen atoms in total. The lowest BCUT2D eigenvalue weighted by atomic mass is 10.3. The summed E-state index contributed by atoms with van der Waals surface area (Å²) in [7, 11) is -3.86. The zero-order chi connectivity index (χ0) is 12.8. The molecular weight excluding hydrogens is 260 g/mol. The zero-order valence-electron chi connectivity index (χ0n) is 9.65. The molecule has 0 spiro atoms. The number of aromatic nitrogens is 3. The molecule has 1 saturated carbocycles. The zero-order valence-corrected chi connectivity index (χ0v) is 10.5. The Morgan fingerprint density at radius 1 is 1.28 bits per heavy atom. The number of primary sulfonamides is 1. The molecule has 1 aliphatic carbocycles. The summed E-state index contributed by atoms with van der Waals surface area (Å²) >= 11 is 0. The molecule has 1 aliphatic heterocycles. The quantitative estimate of drug-likeness (QED) is 0.784. The number of ether oxygens (including phenoxy) is 2. The third-order valence-corrected chi connectivity index (χ3v) is 3.75. The van der Waals surface area contributed by atoms with Gasteiger partial charge in [0.15, 0.2) is 5.82 Å². The second-order valence-corrected chi connectivity index (χ2v) is 5.88. The van der Waals surface area contributed by atoms with Crippen LogP contribution in [0, 0.1) is 0 Å². The number of hydrogen-bond acceptors (Lipinski definition) is 6. The Balaban J connectivity index is 2.01. The van der Waals surface area contributed by atoms with Crippen molar-refractivity contribution in [3.05, 3.63) is 5.82 Å². The van der Waals surface area contributed by atoms with Gasteiger partial charge in [0.25, 0.3) is 15.2 Å². The second-order valence-electron chi connectivity index (χ2n) is 4.42. The maximum absolute atomic E-state index is 11.5. The Hall–Kier alpha value is -1.03. The van der Waals surface area contributed by atoms with Gasteiger partial charge in [-0.15, -0.1) is 10.2 Å². The molecule has 3 rings (SSSR count). The molecule has 18 heavy (non-hydrogen) atoms. The van der Waals surface area contributed by atoms with Crippen LogP contribution in [0.15, 0.2) is 5.16 Å². The Bertz CT molecular complexity index is 545. The summed E-state index contributed by atoms with van der Waals surface area (Å²) in [5.41, 5.74) is 0. The van der Waals surface area contributed by atoms with Gasteiger partial charge in [0.05, 0.1) is 19.8 Å². The molecule has 0 amide bonds. The van der Waals surface area contributed by atoms with Gasteiger partial charge < -0.3 is 9.47 Å². The van der Waals surface area contributed by atoms with E-state index in [2.05, 4.69) is 10.2 Å². The predicted octanol–water partition coefficient (Wildman–Crippen LogP) is -0.652. The highest BCUT2D eigenvalue weighted by Crippen LogP contribution is 2.39. The number of sulfonamides is 1. The minimum absolute atomic E-state index is 0.105. The summed E-state index contributed by atoms with van der Waals surface area (Å²) in [4.78, 5) is 0. The van der Waals surface area contributed by atoms with Crippen molar-refractivity contribution in [1.82, 2.24) is 14.8 Å². The minimum Gasteiger partial charge on any atom is -0.376 e. The fourth-order valence-electron chi connectivity index (χ4n) is 2.01. The maximum Gasteiger partial charge on any atom is 0.273 e. The van der Waals surface area contributed by atoms with Crippen molar-refractivity contribution in [2.75, 3.05) is 19.8 Å². The van der Waals surface area contributed by atoms with Crippen molar-refractivity contribution in [2.24, 2.45) is 5.14 Å².